The first-order valence-corrected chi connectivity index (χ1v) is 11.7. The van der Waals surface area contributed by atoms with Crippen molar-refractivity contribution >= 4 is 46.6 Å². The molecule has 1 amide bonds. The van der Waals surface area contributed by atoms with E-state index in [0.717, 1.165) is 18.0 Å². The minimum Gasteiger partial charge on any atom is -0.483 e. The fourth-order valence-electron chi connectivity index (χ4n) is 2.97. The number of aromatic nitrogens is 3. The lowest BCUT2D eigenvalue weighted by Crippen LogP contribution is -2.15. The van der Waals surface area contributed by atoms with E-state index < -0.39 is 0 Å². The van der Waals surface area contributed by atoms with Gasteiger partial charge in [-0.3, -0.25) is 4.79 Å². The summed E-state index contributed by atoms with van der Waals surface area (Å²) in [5, 5.41) is 12.9. The predicted octanol–water partition coefficient (Wildman–Crippen LogP) is 6.04. The summed E-state index contributed by atoms with van der Waals surface area (Å²) < 4.78 is 8.01. The first-order chi connectivity index (χ1) is 14.9. The van der Waals surface area contributed by atoms with Gasteiger partial charge >= 0.3 is 0 Å². The maximum atomic E-state index is 12.3. The molecule has 0 aliphatic carbocycles. The maximum absolute atomic E-state index is 12.3. The Hall–Kier alpha value is -2.22. The van der Waals surface area contributed by atoms with Crippen LogP contribution in [0.4, 0.5) is 5.69 Å². The zero-order valence-electron chi connectivity index (χ0n) is 17.6. The first kappa shape index (κ1) is 23.4. The average molecular weight is 479 g/mol. The number of carbonyl (C=O) groups excluding carboxylic acids is 1. The maximum Gasteiger partial charge on any atom is 0.234 e. The summed E-state index contributed by atoms with van der Waals surface area (Å²) in [6, 6.07) is 13.0. The second-order valence-corrected chi connectivity index (χ2v) is 8.57. The molecule has 2 aromatic carbocycles. The van der Waals surface area contributed by atoms with Gasteiger partial charge < -0.3 is 14.6 Å². The third-order valence-corrected chi connectivity index (χ3v) is 6.31. The highest BCUT2D eigenvalue weighted by Crippen LogP contribution is 2.27. The third kappa shape index (κ3) is 6.15. The minimum absolute atomic E-state index is 0.170. The number of amides is 1. The molecule has 1 heterocycles. The molecule has 3 rings (SSSR count). The number of rotatable bonds is 9. The Bertz CT molecular complexity index is 1040. The quantitative estimate of drug-likeness (QED) is 0.379. The number of carbonyl (C=O) groups is 1. The highest BCUT2D eigenvalue weighted by atomic mass is 35.5. The highest BCUT2D eigenvalue weighted by Gasteiger charge is 2.19. The van der Waals surface area contributed by atoms with Gasteiger partial charge in [0.15, 0.2) is 17.1 Å². The van der Waals surface area contributed by atoms with E-state index >= 15 is 0 Å². The van der Waals surface area contributed by atoms with Crippen molar-refractivity contribution in [2.45, 2.75) is 45.0 Å². The molecule has 1 atom stereocenters. The first-order valence-electron chi connectivity index (χ1n) is 9.97. The van der Waals surface area contributed by atoms with Crippen molar-refractivity contribution in [2.24, 2.45) is 0 Å². The van der Waals surface area contributed by atoms with Crippen LogP contribution < -0.4 is 10.1 Å². The summed E-state index contributed by atoms with van der Waals surface area (Å²) in [6.07, 6.45) is 0.707. The summed E-state index contributed by atoms with van der Waals surface area (Å²) in [5.41, 5.74) is 1.85. The monoisotopic (exact) mass is 478 g/mol. The molecule has 0 saturated carbocycles. The zero-order valence-corrected chi connectivity index (χ0v) is 19.9. The Kier molecular flexibility index (Phi) is 8.23. The molecule has 0 radical (unpaired) electrons. The Balaban J connectivity index is 1.61. The average Bonchev–Trinajstić information content (AvgIpc) is 3.18. The van der Waals surface area contributed by atoms with Gasteiger partial charge in [0, 0.05) is 12.2 Å². The normalized spacial score (nSPS) is 11.9. The smallest absolute Gasteiger partial charge is 0.234 e. The van der Waals surface area contributed by atoms with E-state index in [-0.39, 0.29) is 17.8 Å². The molecule has 31 heavy (non-hydrogen) atoms. The number of halogens is 2. The van der Waals surface area contributed by atoms with Crippen molar-refractivity contribution in [3.05, 3.63) is 63.9 Å². The molecule has 1 unspecified atom stereocenters. The van der Waals surface area contributed by atoms with Gasteiger partial charge in [-0.1, -0.05) is 54.0 Å². The number of nitrogens with one attached hydrogen (secondary N) is 1. The summed E-state index contributed by atoms with van der Waals surface area (Å²) in [4.78, 5) is 12.3. The van der Waals surface area contributed by atoms with Crippen LogP contribution in [0.3, 0.4) is 0 Å². The summed E-state index contributed by atoms with van der Waals surface area (Å²) in [6.45, 7) is 6.73. The standard InChI is InChI=1S/C22H24Cl2N4O2S/c1-4-15-6-9-17(10-7-15)30-14(3)21-26-27-22(28(21)5-2)31-13-20(29)25-16-8-11-18(23)19(24)12-16/h6-12,14H,4-5,13H2,1-3H3,(H,25,29). The Morgan fingerprint density at radius 1 is 1.13 bits per heavy atom. The lowest BCUT2D eigenvalue weighted by molar-refractivity contribution is -0.113. The van der Waals surface area contributed by atoms with E-state index in [4.69, 9.17) is 27.9 Å². The van der Waals surface area contributed by atoms with Crippen LogP contribution in [0.2, 0.25) is 10.0 Å². The van der Waals surface area contributed by atoms with E-state index in [1.165, 1.54) is 17.3 Å². The van der Waals surface area contributed by atoms with Crippen LogP contribution in [-0.4, -0.2) is 26.4 Å². The molecule has 6 nitrogen and oxygen atoms in total. The Morgan fingerprint density at radius 2 is 1.87 bits per heavy atom. The fourth-order valence-corrected chi connectivity index (χ4v) is 4.07. The van der Waals surface area contributed by atoms with Crippen LogP contribution in [0, 0.1) is 0 Å². The second-order valence-electron chi connectivity index (χ2n) is 6.81. The van der Waals surface area contributed by atoms with Crippen molar-refractivity contribution in [1.29, 1.82) is 0 Å². The second kappa shape index (κ2) is 10.9. The molecule has 3 aromatic rings. The van der Waals surface area contributed by atoms with Crippen LogP contribution in [-0.2, 0) is 17.8 Å². The predicted molar refractivity (Wildman–Crippen MR) is 126 cm³/mol. The molecule has 1 aromatic heterocycles. The van der Waals surface area contributed by atoms with Crippen molar-refractivity contribution in [2.75, 3.05) is 11.1 Å². The van der Waals surface area contributed by atoms with E-state index in [1.54, 1.807) is 18.2 Å². The number of benzene rings is 2. The van der Waals surface area contributed by atoms with Gasteiger partial charge in [0.05, 0.1) is 15.8 Å². The summed E-state index contributed by atoms with van der Waals surface area (Å²) >= 11 is 13.2. The van der Waals surface area contributed by atoms with Crippen molar-refractivity contribution in [1.82, 2.24) is 14.8 Å². The topological polar surface area (TPSA) is 69.0 Å². The van der Waals surface area contributed by atoms with Gasteiger partial charge in [-0.05, 0) is 56.2 Å². The number of anilines is 1. The van der Waals surface area contributed by atoms with Gasteiger partial charge in [0.25, 0.3) is 0 Å². The Labute approximate surface area is 196 Å². The summed E-state index contributed by atoms with van der Waals surface area (Å²) in [5.74, 6) is 1.52. The molecule has 0 aliphatic heterocycles. The zero-order chi connectivity index (χ0) is 22.4. The lowest BCUT2D eigenvalue weighted by Gasteiger charge is -2.16. The van der Waals surface area contributed by atoms with Gasteiger partial charge in [-0.2, -0.15) is 0 Å². The minimum atomic E-state index is -0.278. The van der Waals surface area contributed by atoms with E-state index in [1.807, 2.05) is 30.5 Å². The van der Waals surface area contributed by atoms with Crippen molar-refractivity contribution < 1.29 is 9.53 Å². The van der Waals surface area contributed by atoms with Crippen LogP contribution in [0.5, 0.6) is 5.75 Å². The molecule has 0 aliphatic rings. The molecular weight excluding hydrogens is 455 g/mol. The third-order valence-electron chi connectivity index (χ3n) is 4.61. The highest BCUT2D eigenvalue weighted by molar-refractivity contribution is 7.99. The molecular formula is C22H24Cl2N4O2S. The number of thioether (sulfide) groups is 1. The number of nitrogens with zero attached hydrogens (tertiary/aromatic N) is 3. The molecule has 1 N–H and O–H groups in total. The molecule has 0 fully saturated rings. The van der Waals surface area contributed by atoms with Gasteiger partial charge in [-0.25, -0.2) is 0 Å². The Morgan fingerprint density at radius 3 is 2.52 bits per heavy atom. The van der Waals surface area contributed by atoms with Crippen LogP contribution in [0.1, 0.15) is 38.3 Å². The van der Waals surface area contributed by atoms with E-state index in [9.17, 15) is 4.79 Å². The largest absolute Gasteiger partial charge is 0.483 e. The SMILES string of the molecule is CCc1ccc(OC(C)c2nnc(SCC(=O)Nc3ccc(Cl)c(Cl)c3)n2CC)cc1. The van der Waals surface area contributed by atoms with Gasteiger partial charge in [-0.15, -0.1) is 10.2 Å². The summed E-state index contributed by atoms with van der Waals surface area (Å²) in [7, 11) is 0. The van der Waals surface area contributed by atoms with Crippen LogP contribution in [0.15, 0.2) is 47.6 Å². The van der Waals surface area contributed by atoms with E-state index in [0.29, 0.717) is 27.4 Å². The molecule has 0 saturated heterocycles. The number of ether oxygens (including phenoxy) is 1. The molecule has 9 heteroatoms. The molecule has 164 valence electrons. The number of hydrogen-bond donors (Lipinski definition) is 1. The number of hydrogen-bond acceptors (Lipinski definition) is 5. The number of aryl methyl sites for hydroxylation is 1. The van der Waals surface area contributed by atoms with Crippen LogP contribution in [0.25, 0.3) is 0 Å². The van der Waals surface area contributed by atoms with Gasteiger partial charge in [0.2, 0.25) is 5.91 Å². The molecule has 0 bridgehead atoms. The van der Waals surface area contributed by atoms with Crippen LogP contribution >= 0.6 is 35.0 Å². The fraction of sp³-hybridized carbons (Fsp3) is 0.318. The van der Waals surface area contributed by atoms with Crippen molar-refractivity contribution in [3.63, 3.8) is 0 Å². The van der Waals surface area contributed by atoms with E-state index in [2.05, 4.69) is 34.6 Å². The van der Waals surface area contributed by atoms with Gasteiger partial charge in [0.1, 0.15) is 5.75 Å². The molecule has 0 spiro atoms. The lowest BCUT2D eigenvalue weighted by atomic mass is 10.2. The van der Waals surface area contributed by atoms with Crippen molar-refractivity contribution in [3.8, 4) is 5.75 Å².